The summed E-state index contributed by atoms with van der Waals surface area (Å²) in [5.74, 6) is 0.905. The van der Waals surface area contributed by atoms with Gasteiger partial charge >= 0.3 is 0 Å². The molecule has 3 heteroatoms. The first kappa shape index (κ1) is 14.5. The average molecular weight is 270 g/mol. The lowest BCUT2D eigenvalue weighted by molar-refractivity contribution is 0.269. The van der Waals surface area contributed by atoms with E-state index in [1.165, 1.54) is 5.56 Å². The molecule has 1 atom stereocenters. The van der Waals surface area contributed by atoms with Gasteiger partial charge in [0.25, 0.3) is 0 Å². The van der Waals surface area contributed by atoms with E-state index in [-0.39, 0.29) is 6.04 Å². The lowest BCUT2D eigenvalue weighted by atomic mass is 10.1. The van der Waals surface area contributed by atoms with Gasteiger partial charge in [0.15, 0.2) is 0 Å². The minimum Gasteiger partial charge on any atom is -0.492 e. The van der Waals surface area contributed by atoms with E-state index in [9.17, 15) is 0 Å². The Balaban J connectivity index is 1.88. The van der Waals surface area contributed by atoms with Gasteiger partial charge in [-0.3, -0.25) is 4.98 Å². The van der Waals surface area contributed by atoms with Crippen LogP contribution in [0.3, 0.4) is 0 Å². The van der Waals surface area contributed by atoms with Gasteiger partial charge in [0, 0.05) is 24.4 Å². The Morgan fingerprint density at radius 1 is 1.15 bits per heavy atom. The smallest absolute Gasteiger partial charge is 0.119 e. The standard InChI is InChI=1S/C17H22N2O/c1-3-14-9-10-15(19-12-14)11-16(18-2)13-20-17-7-5-4-6-8-17/h4-10,12,16,18H,3,11,13H2,1-2H3. The normalized spacial score (nSPS) is 12.1. The van der Waals surface area contributed by atoms with E-state index in [0.717, 1.165) is 24.3 Å². The van der Waals surface area contributed by atoms with Crippen molar-refractivity contribution >= 4 is 0 Å². The van der Waals surface area contributed by atoms with E-state index >= 15 is 0 Å². The number of para-hydroxylation sites is 1. The highest BCUT2D eigenvalue weighted by Crippen LogP contribution is 2.10. The van der Waals surface area contributed by atoms with Gasteiger partial charge in [-0.25, -0.2) is 0 Å². The second-order valence-electron chi connectivity index (χ2n) is 4.83. The van der Waals surface area contributed by atoms with E-state index in [0.29, 0.717) is 6.61 Å². The number of pyridine rings is 1. The predicted octanol–water partition coefficient (Wildman–Crippen LogP) is 2.85. The van der Waals surface area contributed by atoms with Crippen LogP contribution in [0.15, 0.2) is 48.7 Å². The molecule has 0 aliphatic rings. The number of likely N-dealkylation sites (N-methyl/N-ethyl adjacent to an activating group) is 1. The van der Waals surface area contributed by atoms with Crippen molar-refractivity contribution in [3.05, 3.63) is 59.9 Å². The molecule has 0 saturated carbocycles. The van der Waals surface area contributed by atoms with Crippen LogP contribution in [0.25, 0.3) is 0 Å². The van der Waals surface area contributed by atoms with Gasteiger partial charge in [0.05, 0.1) is 0 Å². The summed E-state index contributed by atoms with van der Waals surface area (Å²) in [6.45, 7) is 2.78. The van der Waals surface area contributed by atoms with Gasteiger partial charge < -0.3 is 10.1 Å². The van der Waals surface area contributed by atoms with Crippen molar-refractivity contribution in [2.45, 2.75) is 25.8 Å². The van der Waals surface area contributed by atoms with Crippen molar-refractivity contribution in [2.24, 2.45) is 0 Å². The molecule has 3 nitrogen and oxygen atoms in total. The van der Waals surface area contributed by atoms with Crippen LogP contribution >= 0.6 is 0 Å². The number of ether oxygens (including phenoxy) is 1. The Morgan fingerprint density at radius 2 is 1.95 bits per heavy atom. The number of benzene rings is 1. The third kappa shape index (κ3) is 4.35. The van der Waals surface area contributed by atoms with Gasteiger partial charge in [-0.15, -0.1) is 0 Å². The SMILES string of the molecule is CCc1ccc(CC(COc2ccccc2)NC)nc1. The molecule has 1 unspecified atom stereocenters. The van der Waals surface area contributed by atoms with E-state index in [1.54, 1.807) is 0 Å². The molecule has 20 heavy (non-hydrogen) atoms. The molecule has 0 saturated heterocycles. The topological polar surface area (TPSA) is 34.1 Å². The summed E-state index contributed by atoms with van der Waals surface area (Å²) < 4.78 is 5.79. The summed E-state index contributed by atoms with van der Waals surface area (Å²) in [5.41, 5.74) is 2.37. The highest BCUT2D eigenvalue weighted by atomic mass is 16.5. The number of rotatable bonds is 7. The number of nitrogens with zero attached hydrogens (tertiary/aromatic N) is 1. The van der Waals surface area contributed by atoms with Crippen molar-refractivity contribution in [3.63, 3.8) is 0 Å². The molecule has 0 fully saturated rings. The first-order valence-corrected chi connectivity index (χ1v) is 7.10. The number of aryl methyl sites for hydroxylation is 1. The molecule has 106 valence electrons. The molecule has 1 aromatic heterocycles. The Labute approximate surface area is 121 Å². The zero-order valence-electron chi connectivity index (χ0n) is 12.2. The highest BCUT2D eigenvalue weighted by Gasteiger charge is 2.09. The third-order valence-corrected chi connectivity index (χ3v) is 3.35. The van der Waals surface area contributed by atoms with E-state index in [2.05, 4.69) is 29.4 Å². The second kappa shape index (κ2) is 7.65. The van der Waals surface area contributed by atoms with Crippen LogP contribution in [0.1, 0.15) is 18.2 Å². The number of hydrogen-bond acceptors (Lipinski definition) is 3. The summed E-state index contributed by atoms with van der Waals surface area (Å²) in [4.78, 5) is 4.50. The van der Waals surface area contributed by atoms with Crippen LogP contribution in [-0.2, 0) is 12.8 Å². The van der Waals surface area contributed by atoms with Gasteiger partial charge in [-0.05, 0) is 37.2 Å². The Bertz CT molecular complexity index is 496. The second-order valence-corrected chi connectivity index (χ2v) is 4.83. The van der Waals surface area contributed by atoms with Gasteiger partial charge in [-0.2, -0.15) is 0 Å². The number of hydrogen-bond donors (Lipinski definition) is 1. The van der Waals surface area contributed by atoms with Crippen LogP contribution in [0.2, 0.25) is 0 Å². The quantitative estimate of drug-likeness (QED) is 0.840. The van der Waals surface area contributed by atoms with Crippen LogP contribution in [0, 0.1) is 0 Å². The fraction of sp³-hybridized carbons (Fsp3) is 0.353. The molecular formula is C17H22N2O. The summed E-state index contributed by atoms with van der Waals surface area (Å²) in [6, 6.07) is 14.4. The average Bonchev–Trinajstić information content (AvgIpc) is 2.53. The van der Waals surface area contributed by atoms with Gasteiger partial charge in [0.2, 0.25) is 0 Å². The Hall–Kier alpha value is -1.87. The molecule has 1 aromatic carbocycles. The Kier molecular flexibility index (Phi) is 5.56. The van der Waals surface area contributed by atoms with Crippen molar-refractivity contribution in [2.75, 3.05) is 13.7 Å². The van der Waals surface area contributed by atoms with Crippen LogP contribution in [0.5, 0.6) is 5.75 Å². The molecular weight excluding hydrogens is 248 g/mol. The monoisotopic (exact) mass is 270 g/mol. The lowest BCUT2D eigenvalue weighted by Gasteiger charge is -2.16. The van der Waals surface area contributed by atoms with Gasteiger partial charge in [-0.1, -0.05) is 31.2 Å². The van der Waals surface area contributed by atoms with E-state index < -0.39 is 0 Å². The third-order valence-electron chi connectivity index (χ3n) is 3.35. The van der Waals surface area contributed by atoms with E-state index in [1.807, 2.05) is 43.6 Å². The highest BCUT2D eigenvalue weighted by molar-refractivity contribution is 5.21. The molecule has 0 amide bonds. The molecule has 0 aliphatic carbocycles. The fourth-order valence-corrected chi connectivity index (χ4v) is 2.00. The minimum absolute atomic E-state index is 0.259. The maximum absolute atomic E-state index is 5.79. The van der Waals surface area contributed by atoms with Gasteiger partial charge in [0.1, 0.15) is 12.4 Å². The zero-order chi connectivity index (χ0) is 14.2. The predicted molar refractivity (Wildman–Crippen MR) is 82.1 cm³/mol. The minimum atomic E-state index is 0.259. The molecule has 2 rings (SSSR count). The van der Waals surface area contributed by atoms with Crippen LogP contribution in [0.4, 0.5) is 0 Å². The fourth-order valence-electron chi connectivity index (χ4n) is 2.00. The molecule has 2 aromatic rings. The van der Waals surface area contributed by atoms with Crippen molar-refractivity contribution in [3.8, 4) is 5.75 Å². The largest absolute Gasteiger partial charge is 0.492 e. The van der Waals surface area contributed by atoms with Crippen molar-refractivity contribution in [1.82, 2.24) is 10.3 Å². The molecule has 0 spiro atoms. The summed E-state index contributed by atoms with van der Waals surface area (Å²) in [6.07, 6.45) is 3.85. The first-order chi connectivity index (χ1) is 9.81. The summed E-state index contributed by atoms with van der Waals surface area (Å²) in [5, 5.41) is 3.28. The summed E-state index contributed by atoms with van der Waals surface area (Å²) >= 11 is 0. The molecule has 1 N–H and O–H groups in total. The number of nitrogens with one attached hydrogen (secondary N) is 1. The summed E-state index contributed by atoms with van der Waals surface area (Å²) in [7, 11) is 1.96. The lowest BCUT2D eigenvalue weighted by Crippen LogP contribution is -2.34. The van der Waals surface area contributed by atoms with Crippen LogP contribution < -0.4 is 10.1 Å². The Morgan fingerprint density at radius 3 is 2.55 bits per heavy atom. The molecule has 0 bridgehead atoms. The van der Waals surface area contributed by atoms with Crippen LogP contribution in [-0.4, -0.2) is 24.7 Å². The van der Waals surface area contributed by atoms with Crippen molar-refractivity contribution in [1.29, 1.82) is 0 Å². The zero-order valence-corrected chi connectivity index (χ0v) is 12.2. The van der Waals surface area contributed by atoms with E-state index in [4.69, 9.17) is 4.74 Å². The number of aromatic nitrogens is 1. The van der Waals surface area contributed by atoms with Crippen molar-refractivity contribution < 1.29 is 4.74 Å². The maximum Gasteiger partial charge on any atom is 0.119 e. The first-order valence-electron chi connectivity index (χ1n) is 7.10. The molecule has 1 heterocycles. The molecule has 0 radical (unpaired) electrons. The molecule has 0 aliphatic heterocycles. The maximum atomic E-state index is 5.79.